The number of halogens is 1. The van der Waals surface area contributed by atoms with E-state index >= 15 is 0 Å². The van der Waals surface area contributed by atoms with E-state index in [4.69, 9.17) is 11.6 Å². The number of nitrogens with zero attached hydrogens (tertiary/aromatic N) is 2. The molecule has 0 aliphatic carbocycles. The van der Waals surface area contributed by atoms with Gasteiger partial charge in [0.1, 0.15) is 6.10 Å². The summed E-state index contributed by atoms with van der Waals surface area (Å²) in [6.07, 6.45) is 3.24. The first-order chi connectivity index (χ1) is 7.04. The molecule has 5 heteroatoms. The average Bonchev–Trinajstić information content (AvgIpc) is 2.75. The summed E-state index contributed by atoms with van der Waals surface area (Å²) in [5.41, 5.74) is 0.730. The van der Waals surface area contributed by atoms with Gasteiger partial charge >= 0.3 is 0 Å². The Labute approximate surface area is 98.8 Å². The minimum atomic E-state index is -0.537. The average molecular weight is 247 g/mol. The van der Waals surface area contributed by atoms with Crippen molar-refractivity contribution in [3.63, 3.8) is 0 Å². The molecule has 2 rings (SSSR count). The Morgan fingerprint density at radius 2 is 2.47 bits per heavy atom. The SMILES string of the molecule is Cn1ncc(Cl)c1C(O)C1(C)CCCS1. The fraction of sp³-hybridized carbons (Fsp3) is 0.700. The van der Waals surface area contributed by atoms with Gasteiger partial charge in [-0.25, -0.2) is 0 Å². The molecular formula is C10H15ClN2OS. The Morgan fingerprint density at radius 1 is 1.73 bits per heavy atom. The summed E-state index contributed by atoms with van der Waals surface area (Å²) in [7, 11) is 1.81. The van der Waals surface area contributed by atoms with E-state index in [0.29, 0.717) is 5.02 Å². The third kappa shape index (κ3) is 1.90. The fourth-order valence-electron chi connectivity index (χ4n) is 2.03. The number of aromatic nitrogens is 2. The van der Waals surface area contributed by atoms with Crippen molar-refractivity contribution in [1.29, 1.82) is 0 Å². The molecule has 0 radical (unpaired) electrons. The number of aryl methyl sites for hydroxylation is 1. The molecule has 2 atom stereocenters. The largest absolute Gasteiger partial charge is 0.385 e. The van der Waals surface area contributed by atoms with Crippen LogP contribution < -0.4 is 0 Å². The van der Waals surface area contributed by atoms with Gasteiger partial charge in [0.25, 0.3) is 0 Å². The molecule has 1 aliphatic heterocycles. The van der Waals surface area contributed by atoms with Crippen LogP contribution in [0.5, 0.6) is 0 Å². The highest BCUT2D eigenvalue weighted by atomic mass is 35.5. The van der Waals surface area contributed by atoms with Crippen LogP contribution in [0.1, 0.15) is 31.6 Å². The molecule has 1 saturated heterocycles. The first-order valence-electron chi connectivity index (χ1n) is 5.04. The number of thioether (sulfide) groups is 1. The number of rotatable bonds is 2. The minimum Gasteiger partial charge on any atom is -0.385 e. The maximum atomic E-state index is 10.4. The van der Waals surface area contributed by atoms with E-state index in [9.17, 15) is 5.11 Å². The molecule has 1 aliphatic rings. The summed E-state index contributed by atoms with van der Waals surface area (Å²) in [4.78, 5) is 0. The lowest BCUT2D eigenvalue weighted by Gasteiger charge is -2.29. The second-order valence-corrected chi connectivity index (χ2v) is 6.21. The van der Waals surface area contributed by atoms with Crippen molar-refractivity contribution in [2.45, 2.75) is 30.6 Å². The Morgan fingerprint density at radius 3 is 2.93 bits per heavy atom. The Hall–Kier alpha value is -0.190. The quantitative estimate of drug-likeness (QED) is 0.871. The van der Waals surface area contributed by atoms with Crippen molar-refractivity contribution >= 4 is 23.4 Å². The molecule has 3 nitrogen and oxygen atoms in total. The van der Waals surface area contributed by atoms with Gasteiger partial charge in [-0.2, -0.15) is 16.9 Å². The lowest BCUT2D eigenvalue weighted by Crippen LogP contribution is -2.28. The normalized spacial score (nSPS) is 28.3. The molecule has 15 heavy (non-hydrogen) atoms. The number of hydrogen-bond acceptors (Lipinski definition) is 3. The Balaban J connectivity index is 2.31. The molecule has 2 unspecified atom stereocenters. The Bertz CT molecular complexity index is 341. The van der Waals surface area contributed by atoms with Crippen LogP contribution in [0.15, 0.2) is 6.20 Å². The van der Waals surface area contributed by atoms with E-state index in [1.54, 1.807) is 10.9 Å². The van der Waals surface area contributed by atoms with E-state index in [-0.39, 0.29) is 4.75 Å². The van der Waals surface area contributed by atoms with Crippen LogP contribution in [-0.2, 0) is 7.05 Å². The third-order valence-corrected chi connectivity index (χ3v) is 4.90. The van der Waals surface area contributed by atoms with E-state index < -0.39 is 6.10 Å². The molecule has 0 saturated carbocycles. The van der Waals surface area contributed by atoms with Crippen LogP contribution in [0, 0.1) is 0 Å². The highest BCUT2D eigenvalue weighted by Gasteiger charge is 2.40. The summed E-state index contributed by atoms with van der Waals surface area (Å²) in [5.74, 6) is 1.11. The minimum absolute atomic E-state index is 0.114. The van der Waals surface area contributed by atoms with Crippen molar-refractivity contribution in [3.8, 4) is 0 Å². The standard InChI is InChI=1S/C10H15ClN2OS/c1-10(4-3-5-15-10)9(14)8-7(11)6-12-13(8)2/h6,9,14H,3-5H2,1-2H3. The highest BCUT2D eigenvalue weighted by Crippen LogP contribution is 2.47. The molecule has 1 aromatic rings. The van der Waals surface area contributed by atoms with Gasteiger partial charge in [0.15, 0.2) is 0 Å². The molecule has 0 bridgehead atoms. The summed E-state index contributed by atoms with van der Waals surface area (Å²) in [6.45, 7) is 2.10. The monoisotopic (exact) mass is 246 g/mol. The van der Waals surface area contributed by atoms with Gasteiger partial charge in [-0.05, 0) is 25.5 Å². The summed E-state index contributed by atoms with van der Waals surface area (Å²) < 4.78 is 1.55. The highest BCUT2D eigenvalue weighted by molar-refractivity contribution is 8.00. The topological polar surface area (TPSA) is 38.0 Å². The predicted molar refractivity (Wildman–Crippen MR) is 63.3 cm³/mol. The van der Waals surface area contributed by atoms with Crippen LogP contribution >= 0.6 is 23.4 Å². The second-order valence-electron chi connectivity index (χ2n) is 4.17. The van der Waals surface area contributed by atoms with Crippen LogP contribution in [0.25, 0.3) is 0 Å². The predicted octanol–water partition coefficient (Wildman–Crippen LogP) is 2.39. The third-order valence-electron chi connectivity index (χ3n) is 3.02. The van der Waals surface area contributed by atoms with Crippen molar-refractivity contribution in [1.82, 2.24) is 9.78 Å². The van der Waals surface area contributed by atoms with Gasteiger partial charge in [0.05, 0.1) is 16.9 Å². The zero-order chi connectivity index (χ0) is 11.1. The molecule has 1 fully saturated rings. The molecular weight excluding hydrogens is 232 g/mol. The zero-order valence-electron chi connectivity index (χ0n) is 8.90. The van der Waals surface area contributed by atoms with E-state index in [0.717, 1.165) is 24.3 Å². The zero-order valence-corrected chi connectivity index (χ0v) is 10.5. The van der Waals surface area contributed by atoms with Crippen LogP contribution in [0.4, 0.5) is 0 Å². The van der Waals surface area contributed by atoms with Gasteiger partial charge in [0.2, 0.25) is 0 Å². The van der Waals surface area contributed by atoms with E-state index in [1.165, 1.54) is 0 Å². The summed E-state index contributed by atoms with van der Waals surface area (Å²) in [5, 5.41) is 15.0. The maximum Gasteiger partial charge on any atom is 0.111 e. The van der Waals surface area contributed by atoms with Crippen LogP contribution in [-0.4, -0.2) is 25.4 Å². The molecule has 0 amide bonds. The van der Waals surface area contributed by atoms with Gasteiger partial charge in [0, 0.05) is 11.8 Å². The lowest BCUT2D eigenvalue weighted by molar-refractivity contribution is 0.126. The summed E-state index contributed by atoms with van der Waals surface area (Å²) >= 11 is 7.85. The molecule has 84 valence electrons. The fourth-order valence-corrected chi connectivity index (χ4v) is 3.62. The lowest BCUT2D eigenvalue weighted by atomic mass is 9.96. The first kappa shape index (κ1) is 11.3. The Kier molecular flexibility index (Phi) is 3.01. The van der Waals surface area contributed by atoms with Crippen LogP contribution in [0.3, 0.4) is 0 Å². The second kappa shape index (κ2) is 4.00. The van der Waals surface area contributed by atoms with Gasteiger partial charge in [-0.1, -0.05) is 11.6 Å². The van der Waals surface area contributed by atoms with E-state index in [1.807, 2.05) is 18.8 Å². The van der Waals surface area contributed by atoms with Crippen molar-refractivity contribution < 1.29 is 5.11 Å². The summed E-state index contributed by atoms with van der Waals surface area (Å²) in [6, 6.07) is 0. The number of hydrogen-bond donors (Lipinski definition) is 1. The van der Waals surface area contributed by atoms with E-state index in [2.05, 4.69) is 12.0 Å². The first-order valence-corrected chi connectivity index (χ1v) is 6.40. The molecule has 1 aromatic heterocycles. The molecule has 2 heterocycles. The molecule has 1 N–H and O–H groups in total. The van der Waals surface area contributed by atoms with Crippen molar-refractivity contribution in [2.75, 3.05) is 5.75 Å². The molecule has 0 aromatic carbocycles. The van der Waals surface area contributed by atoms with Gasteiger partial charge < -0.3 is 5.11 Å². The van der Waals surface area contributed by atoms with Gasteiger partial charge in [-0.15, -0.1) is 0 Å². The van der Waals surface area contributed by atoms with Crippen molar-refractivity contribution in [2.24, 2.45) is 7.05 Å². The van der Waals surface area contributed by atoms with Gasteiger partial charge in [-0.3, -0.25) is 4.68 Å². The number of aliphatic hydroxyl groups is 1. The maximum absolute atomic E-state index is 10.4. The van der Waals surface area contributed by atoms with Crippen molar-refractivity contribution in [3.05, 3.63) is 16.9 Å². The van der Waals surface area contributed by atoms with Crippen LogP contribution in [0.2, 0.25) is 5.02 Å². The smallest absolute Gasteiger partial charge is 0.111 e. The number of aliphatic hydroxyl groups excluding tert-OH is 1. The molecule has 0 spiro atoms.